The van der Waals surface area contributed by atoms with Crippen LogP contribution < -0.4 is 10.2 Å². The number of carbonyl (C=O) groups is 1. The lowest BCUT2D eigenvalue weighted by Crippen LogP contribution is -2.40. The van der Waals surface area contributed by atoms with Crippen LogP contribution in [-0.2, 0) is 4.79 Å². The van der Waals surface area contributed by atoms with Crippen molar-refractivity contribution in [2.45, 2.75) is 19.8 Å². The molecule has 20 heavy (non-hydrogen) atoms. The number of halogens is 1. The second-order valence-corrected chi connectivity index (χ2v) is 5.60. The first-order valence-electron chi connectivity index (χ1n) is 6.79. The molecule has 1 N–H and O–H groups in total. The molecule has 1 amide bonds. The van der Waals surface area contributed by atoms with Crippen molar-refractivity contribution in [1.82, 2.24) is 5.32 Å². The first-order chi connectivity index (χ1) is 9.60. The van der Waals surface area contributed by atoms with E-state index < -0.39 is 0 Å². The van der Waals surface area contributed by atoms with Crippen LogP contribution in [-0.4, -0.2) is 25.5 Å². The fourth-order valence-electron chi connectivity index (χ4n) is 2.61. The largest absolute Gasteiger partial charge is 0.370 e. The van der Waals surface area contributed by atoms with Gasteiger partial charge in [0, 0.05) is 31.6 Å². The number of piperidine rings is 1. The number of rotatable bonds is 3. The lowest BCUT2D eigenvalue weighted by Gasteiger charge is -2.35. The Bertz CT molecular complexity index is 538. The quantitative estimate of drug-likeness (QED) is 0.931. The minimum Gasteiger partial charge on any atom is -0.370 e. The van der Waals surface area contributed by atoms with Crippen LogP contribution in [0.25, 0.3) is 0 Å². The van der Waals surface area contributed by atoms with Crippen LogP contribution in [0.4, 0.5) is 5.69 Å². The molecule has 0 saturated carbocycles. The normalized spacial score (nSPS) is 18.4. The molecule has 1 unspecified atom stereocenters. The molecular formula is C15H18ClN3O. The molecule has 1 aromatic carbocycles. The molecule has 2 rings (SSSR count). The summed E-state index contributed by atoms with van der Waals surface area (Å²) in [6.45, 7) is 4.03. The van der Waals surface area contributed by atoms with Crippen molar-refractivity contribution in [3.05, 3.63) is 28.8 Å². The van der Waals surface area contributed by atoms with E-state index in [0.717, 1.165) is 31.6 Å². The Morgan fingerprint density at radius 1 is 1.60 bits per heavy atom. The van der Waals surface area contributed by atoms with Crippen molar-refractivity contribution >= 4 is 23.2 Å². The van der Waals surface area contributed by atoms with Crippen LogP contribution in [0, 0.1) is 17.2 Å². The van der Waals surface area contributed by atoms with Gasteiger partial charge >= 0.3 is 0 Å². The maximum atomic E-state index is 11.0. The van der Waals surface area contributed by atoms with E-state index in [1.165, 1.54) is 6.92 Å². The predicted octanol–water partition coefficient (Wildman–Crippen LogP) is 2.56. The zero-order valence-electron chi connectivity index (χ0n) is 11.5. The average molecular weight is 292 g/mol. The van der Waals surface area contributed by atoms with Gasteiger partial charge in [0.25, 0.3) is 0 Å². The number of nitriles is 1. The van der Waals surface area contributed by atoms with Gasteiger partial charge in [-0.15, -0.1) is 0 Å². The molecule has 0 bridgehead atoms. The van der Waals surface area contributed by atoms with Crippen LogP contribution in [0.5, 0.6) is 0 Å². The van der Waals surface area contributed by atoms with E-state index in [9.17, 15) is 10.1 Å². The Morgan fingerprint density at radius 2 is 2.40 bits per heavy atom. The lowest BCUT2D eigenvalue weighted by molar-refractivity contribution is -0.119. The van der Waals surface area contributed by atoms with Crippen LogP contribution in [0.1, 0.15) is 25.3 Å². The monoisotopic (exact) mass is 291 g/mol. The predicted molar refractivity (Wildman–Crippen MR) is 79.8 cm³/mol. The van der Waals surface area contributed by atoms with Gasteiger partial charge < -0.3 is 10.2 Å². The standard InChI is InChI=1S/C15H18ClN3O/c1-11(20)18-9-12-3-2-6-19(10-12)15-5-4-14(16)7-13(15)8-17/h4-5,7,12H,2-3,6,9-10H2,1H3,(H,18,20). The van der Waals surface area contributed by atoms with Crippen molar-refractivity contribution < 1.29 is 4.79 Å². The van der Waals surface area contributed by atoms with E-state index >= 15 is 0 Å². The maximum absolute atomic E-state index is 11.0. The minimum atomic E-state index is 0.00586. The molecule has 1 fully saturated rings. The van der Waals surface area contributed by atoms with E-state index in [4.69, 9.17) is 11.6 Å². The van der Waals surface area contributed by atoms with Gasteiger partial charge in [0.15, 0.2) is 0 Å². The molecule has 1 heterocycles. The number of hydrogen-bond donors (Lipinski definition) is 1. The molecule has 0 spiro atoms. The van der Waals surface area contributed by atoms with Gasteiger partial charge in [-0.25, -0.2) is 0 Å². The summed E-state index contributed by atoms with van der Waals surface area (Å²) in [5, 5.41) is 12.7. The summed E-state index contributed by atoms with van der Waals surface area (Å²) in [5.74, 6) is 0.432. The fraction of sp³-hybridized carbons (Fsp3) is 0.467. The van der Waals surface area contributed by atoms with Gasteiger partial charge in [0.05, 0.1) is 11.3 Å². The van der Waals surface area contributed by atoms with Crippen molar-refractivity contribution in [2.75, 3.05) is 24.5 Å². The lowest BCUT2D eigenvalue weighted by atomic mass is 9.97. The van der Waals surface area contributed by atoms with E-state index in [1.807, 2.05) is 12.1 Å². The third-order valence-electron chi connectivity index (χ3n) is 3.58. The number of nitrogens with one attached hydrogen (secondary N) is 1. The second kappa shape index (κ2) is 6.62. The van der Waals surface area contributed by atoms with Gasteiger partial charge in [0.2, 0.25) is 5.91 Å². The molecular weight excluding hydrogens is 274 g/mol. The molecule has 1 aliphatic heterocycles. The summed E-state index contributed by atoms with van der Waals surface area (Å²) >= 11 is 5.93. The SMILES string of the molecule is CC(=O)NCC1CCCN(c2ccc(Cl)cc2C#N)C1. The highest BCUT2D eigenvalue weighted by molar-refractivity contribution is 6.30. The second-order valence-electron chi connectivity index (χ2n) is 5.16. The molecule has 0 radical (unpaired) electrons. The van der Waals surface area contributed by atoms with Crippen molar-refractivity contribution in [1.29, 1.82) is 5.26 Å². The Balaban J connectivity index is 2.09. The summed E-state index contributed by atoms with van der Waals surface area (Å²) in [7, 11) is 0. The number of amides is 1. The number of carbonyl (C=O) groups excluding carboxylic acids is 1. The van der Waals surface area contributed by atoms with Crippen LogP contribution in [0.3, 0.4) is 0 Å². The molecule has 1 aromatic rings. The van der Waals surface area contributed by atoms with Gasteiger partial charge in [-0.3, -0.25) is 4.79 Å². The van der Waals surface area contributed by atoms with E-state index in [-0.39, 0.29) is 5.91 Å². The Labute approximate surface area is 124 Å². The molecule has 1 aliphatic rings. The number of hydrogen-bond acceptors (Lipinski definition) is 3. The number of nitrogens with zero attached hydrogens (tertiary/aromatic N) is 2. The van der Waals surface area contributed by atoms with Gasteiger partial charge in [-0.1, -0.05) is 11.6 Å². The third-order valence-corrected chi connectivity index (χ3v) is 3.81. The third kappa shape index (κ3) is 3.64. The highest BCUT2D eigenvalue weighted by atomic mass is 35.5. The molecule has 0 aliphatic carbocycles. The van der Waals surface area contributed by atoms with Crippen molar-refractivity contribution in [2.24, 2.45) is 5.92 Å². The van der Waals surface area contributed by atoms with E-state index in [1.54, 1.807) is 6.07 Å². The molecule has 5 heteroatoms. The van der Waals surface area contributed by atoms with E-state index in [2.05, 4.69) is 16.3 Å². The zero-order chi connectivity index (χ0) is 14.5. The summed E-state index contributed by atoms with van der Waals surface area (Å²) < 4.78 is 0. The zero-order valence-corrected chi connectivity index (χ0v) is 12.3. The van der Waals surface area contributed by atoms with Crippen LogP contribution >= 0.6 is 11.6 Å². The molecule has 4 nitrogen and oxygen atoms in total. The van der Waals surface area contributed by atoms with Crippen molar-refractivity contribution in [3.63, 3.8) is 0 Å². The van der Waals surface area contributed by atoms with Crippen molar-refractivity contribution in [3.8, 4) is 6.07 Å². The summed E-state index contributed by atoms with van der Waals surface area (Å²) in [6, 6.07) is 7.62. The molecule has 1 saturated heterocycles. The topological polar surface area (TPSA) is 56.1 Å². The minimum absolute atomic E-state index is 0.00586. The summed E-state index contributed by atoms with van der Waals surface area (Å²) in [6.07, 6.45) is 2.17. The Hall–Kier alpha value is -1.73. The molecule has 1 atom stereocenters. The van der Waals surface area contributed by atoms with Gasteiger partial charge in [0.1, 0.15) is 6.07 Å². The van der Waals surface area contributed by atoms with E-state index in [0.29, 0.717) is 23.0 Å². The molecule has 106 valence electrons. The smallest absolute Gasteiger partial charge is 0.216 e. The Kier molecular flexibility index (Phi) is 4.86. The van der Waals surface area contributed by atoms with Gasteiger partial charge in [-0.05, 0) is 37.0 Å². The van der Waals surface area contributed by atoms with Crippen LogP contribution in [0.15, 0.2) is 18.2 Å². The maximum Gasteiger partial charge on any atom is 0.216 e. The highest BCUT2D eigenvalue weighted by Gasteiger charge is 2.22. The first-order valence-corrected chi connectivity index (χ1v) is 7.17. The van der Waals surface area contributed by atoms with Crippen LogP contribution in [0.2, 0.25) is 5.02 Å². The number of anilines is 1. The highest BCUT2D eigenvalue weighted by Crippen LogP contribution is 2.28. The first kappa shape index (κ1) is 14.7. The van der Waals surface area contributed by atoms with Gasteiger partial charge in [-0.2, -0.15) is 5.26 Å². The Morgan fingerprint density at radius 3 is 3.10 bits per heavy atom. The summed E-state index contributed by atoms with van der Waals surface area (Å²) in [5.41, 5.74) is 1.54. The fourth-order valence-corrected chi connectivity index (χ4v) is 2.78. The number of benzene rings is 1. The molecule has 0 aromatic heterocycles. The summed E-state index contributed by atoms with van der Waals surface area (Å²) in [4.78, 5) is 13.2. The average Bonchev–Trinajstić information content (AvgIpc) is 2.45.